The maximum Gasteiger partial charge on any atom is 0.243 e. The molecule has 1 atom stereocenters. The molecule has 0 aromatic heterocycles. The van der Waals surface area contributed by atoms with Crippen LogP contribution in [0.1, 0.15) is 39.5 Å². The highest BCUT2D eigenvalue weighted by Crippen LogP contribution is 2.20. The number of benzene rings is 1. The Labute approximate surface area is 129 Å². The molecular weight excluding hydrogens is 345 g/mol. The molecule has 0 amide bonds. The third-order valence-corrected chi connectivity index (χ3v) is 5.24. The first-order valence-corrected chi connectivity index (χ1v) is 9.13. The fraction of sp³-hybridized carbons (Fsp3) is 0.571. The average Bonchev–Trinajstić information content (AvgIpc) is 2.38. The quantitative estimate of drug-likeness (QED) is 0.754. The minimum Gasteiger partial charge on any atom is -0.211 e. The molecule has 0 bridgehead atoms. The first-order valence-electron chi connectivity index (χ1n) is 6.85. The van der Waals surface area contributed by atoms with Crippen LogP contribution in [-0.4, -0.2) is 15.0 Å². The number of hydrogen-bond donors (Lipinski definition) is 1. The van der Waals surface area contributed by atoms with Crippen molar-refractivity contribution in [2.45, 2.75) is 44.4 Å². The largest absolute Gasteiger partial charge is 0.243 e. The van der Waals surface area contributed by atoms with Crippen molar-refractivity contribution in [3.63, 3.8) is 0 Å². The summed E-state index contributed by atoms with van der Waals surface area (Å²) in [6.45, 7) is 4.50. The minimum absolute atomic E-state index is 0.295. The molecule has 0 radical (unpaired) electrons. The lowest BCUT2D eigenvalue weighted by Crippen LogP contribution is -2.30. The highest BCUT2D eigenvalue weighted by molar-refractivity contribution is 9.10. The molecule has 20 heavy (non-hydrogen) atoms. The number of rotatable bonds is 8. The number of nitrogens with one attached hydrogen (secondary N) is 1. The van der Waals surface area contributed by atoms with E-state index in [0.717, 1.165) is 31.7 Å². The van der Waals surface area contributed by atoms with E-state index in [1.165, 1.54) is 12.1 Å². The van der Waals surface area contributed by atoms with E-state index in [1.807, 2.05) is 6.92 Å². The van der Waals surface area contributed by atoms with Crippen LogP contribution in [0.25, 0.3) is 0 Å². The Morgan fingerprint density at radius 3 is 2.60 bits per heavy atom. The maximum absolute atomic E-state index is 13.7. The highest BCUT2D eigenvalue weighted by Gasteiger charge is 2.20. The van der Waals surface area contributed by atoms with Gasteiger partial charge < -0.3 is 0 Å². The molecule has 0 aliphatic rings. The van der Waals surface area contributed by atoms with Crippen molar-refractivity contribution in [3.05, 3.63) is 28.5 Å². The van der Waals surface area contributed by atoms with E-state index in [1.54, 1.807) is 0 Å². The van der Waals surface area contributed by atoms with Gasteiger partial charge in [0.25, 0.3) is 0 Å². The van der Waals surface area contributed by atoms with Crippen molar-refractivity contribution < 1.29 is 12.8 Å². The summed E-state index contributed by atoms with van der Waals surface area (Å²) in [6, 6.07) is 3.95. The second-order valence-corrected chi connectivity index (χ2v) is 7.49. The Balaban J connectivity index is 2.74. The summed E-state index contributed by atoms with van der Waals surface area (Å²) in [5, 5.41) is 0. The molecule has 1 N–H and O–H groups in total. The third kappa shape index (κ3) is 5.14. The molecule has 1 aromatic carbocycles. The van der Waals surface area contributed by atoms with Crippen molar-refractivity contribution in [1.82, 2.24) is 4.72 Å². The Hall–Kier alpha value is -0.460. The standard InChI is InChI=1S/C14H21BrFNO2S/c1-3-5-6-11(4-2)10-17-20(18,19)14-8-7-12(15)9-13(14)16/h7-9,11,17H,3-6,10H2,1-2H3/t11-/m0/s1. The SMILES string of the molecule is CCCC[C@H](CC)CNS(=O)(=O)c1ccc(Br)cc1F. The van der Waals surface area contributed by atoms with E-state index in [-0.39, 0.29) is 4.90 Å². The summed E-state index contributed by atoms with van der Waals surface area (Å²) < 4.78 is 40.9. The van der Waals surface area contributed by atoms with Crippen molar-refractivity contribution in [2.24, 2.45) is 5.92 Å². The van der Waals surface area contributed by atoms with E-state index in [2.05, 4.69) is 27.6 Å². The van der Waals surface area contributed by atoms with Crippen LogP contribution in [-0.2, 0) is 10.0 Å². The number of halogens is 2. The zero-order valence-corrected chi connectivity index (χ0v) is 14.2. The van der Waals surface area contributed by atoms with Gasteiger partial charge in [0.05, 0.1) is 0 Å². The highest BCUT2D eigenvalue weighted by atomic mass is 79.9. The lowest BCUT2D eigenvalue weighted by atomic mass is 10.00. The topological polar surface area (TPSA) is 46.2 Å². The van der Waals surface area contributed by atoms with Crippen LogP contribution < -0.4 is 4.72 Å². The molecule has 0 aliphatic carbocycles. The normalized spacial score (nSPS) is 13.4. The fourth-order valence-electron chi connectivity index (χ4n) is 1.94. The number of sulfonamides is 1. The minimum atomic E-state index is -3.78. The molecule has 0 aliphatic heterocycles. The monoisotopic (exact) mass is 365 g/mol. The van der Waals surface area contributed by atoms with Crippen molar-refractivity contribution in [1.29, 1.82) is 0 Å². The van der Waals surface area contributed by atoms with Gasteiger partial charge in [-0.3, -0.25) is 0 Å². The van der Waals surface area contributed by atoms with E-state index in [0.29, 0.717) is 16.9 Å². The molecule has 0 spiro atoms. The van der Waals surface area contributed by atoms with Gasteiger partial charge in [-0.2, -0.15) is 0 Å². The molecule has 1 rings (SSSR count). The fourth-order valence-corrected chi connectivity index (χ4v) is 3.45. The van der Waals surface area contributed by atoms with Crippen LogP contribution in [0.4, 0.5) is 4.39 Å². The van der Waals surface area contributed by atoms with Gasteiger partial charge in [0.15, 0.2) is 0 Å². The van der Waals surface area contributed by atoms with Crippen LogP contribution in [0.2, 0.25) is 0 Å². The summed E-state index contributed by atoms with van der Waals surface area (Å²) in [5.74, 6) is -0.447. The van der Waals surface area contributed by atoms with Crippen molar-refractivity contribution in [3.8, 4) is 0 Å². The smallest absolute Gasteiger partial charge is 0.211 e. The van der Waals surface area contributed by atoms with Gasteiger partial charge in [-0.05, 0) is 30.5 Å². The first kappa shape index (κ1) is 17.6. The van der Waals surface area contributed by atoms with Crippen LogP contribution in [0, 0.1) is 11.7 Å². The molecule has 0 saturated heterocycles. The lowest BCUT2D eigenvalue weighted by molar-refractivity contribution is 0.443. The van der Waals surface area contributed by atoms with E-state index in [4.69, 9.17) is 0 Å². The second kappa shape index (κ2) is 8.10. The molecule has 114 valence electrons. The van der Waals surface area contributed by atoms with Crippen LogP contribution in [0.5, 0.6) is 0 Å². The molecule has 0 unspecified atom stereocenters. The summed E-state index contributed by atoms with van der Waals surface area (Å²) >= 11 is 3.11. The summed E-state index contributed by atoms with van der Waals surface area (Å²) in [4.78, 5) is -0.300. The molecule has 6 heteroatoms. The third-order valence-electron chi connectivity index (χ3n) is 3.29. The Morgan fingerprint density at radius 2 is 2.05 bits per heavy atom. The number of unbranched alkanes of at least 4 members (excludes halogenated alkanes) is 1. The Kier molecular flexibility index (Phi) is 7.12. The summed E-state index contributed by atoms with van der Waals surface area (Å²) in [6.07, 6.45) is 4.06. The second-order valence-electron chi connectivity index (χ2n) is 4.84. The Bertz CT molecular complexity index is 534. The predicted octanol–water partition coefficient (Wildman–Crippen LogP) is 4.08. The maximum atomic E-state index is 13.7. The average molecular weight is 366 g/mol. The van der Waals surface area contributed by atoms with Gasteiger partial charge in [-0.25, -0.2) is 17.5 Å². The van der Waals surface area contributed by atoms with Gasteiger partial charge in [-0.1, -0.05) is 49.0 Å². The molecular formula is C14H21BrFNO2S. The van der Waals surface area contributed by atoms with E-state index in [9.17, 15) is 12.8 Å². The Morgan fingerprint density at radius 1 is 1.35 bits per heavy atom. The van der Waals surface area contributed by atoms with Gasteiger partial charge in [0.2, 0.25) is 10.0 Å². The van der Waals surface area contributed by atoms with Crippen molar-refractivity contribution >= 4 is 26.0 Å². The van der Waals surface area contributed by atoms with Crippen molar-refractivity contribution in [2.75, 3.05) is 6.54 Å². The van der Waals surface area contributed by atoms with Gasteiger partial charge >= 0.3 is 0 Å². The zero-order chi connectivity index (χ0) is 15.2. The van der Waals surface area contributed by atoms with Gasteiger partial charge in [0, 0.05) is 11.0 Å². The van der Waals surface area contributed by atoms with Gasteiger partial charge in [0.1, 0.15) is 10.7 Å². The molecule has 1 aromatic rings. The van der Waals surface area contributed by atoms with Crippen LogP contribution in [0.15, 0.2) is 27.6 Å². The molecule has 0 fully saturated rings. The zero-order valence-electron chi connectivity index (χ0n) is 11.8. The molecule has 0 saturated carbocycles. The molecule has 3 nitrogen and oxygen atoms in total. The molecule has 0 heterocycles. The summed E-state index contributed by atoms with van der Waals surface area (Å²) in [5.41, 5.74) is 0. The van der Waals surface area contributed by atoms with Crippen LogP contribution in [0.3, 0.4) is 0 Å². The first-order chi connectivity index (χ1) is 9.40. The van der Waals surface area contributed by atoms with E-state index >= 15 is 0 Å². The van der Waals surface area contributed by atoms with E-state index < -0.39 is 15.8 Å². The predicted molar refractivity (Wildman–Crippen MR) is 82.6 cm³/mol. The number of hydrogen-bond acceptors (Lipinski definition) is 2. The van der Waals surface area contributed by atoms with Gasteiger partial charge in [-0.15, -0.1) is 0 Å². The summed E-state index contributed by atoms with van der Waals surface area (Å²) in [7, 11) is -3.78. The van der Waals surface area contributed by atoms with Crippen LogP contribution >= 0.6 is 15.9 Å². The lowest BCUT2D eigenvalue weighted by Gasteiger charge is -2.15.